The standard InChI is InChI=1S/C9H8N6S/c1-2-7(16-3-1)4-11-8-5-10-6-9-12-13-14-15(8)9/h1-3,5-6,11H,4H2. The minimum Gasteiger partial charge on any atom is -0.364 e. The van der Waals surface area contributed by atoms with Gasteiger partial charge in [-0.15, -0.1) is 16.4 Å². The van der Waals surface area contributed by atoms with Crippen molar-refractivity contribution in [3.8, 4) is 0 Å². The Bertz CT molecular complexity index is 587. The Hall–Kier alpha value is -2.02. The molecule has 0 aliphatic heterocycles. The summed E-state index contributed by atoms with van der Waals surface area (Å²) in [6.45, 7) is 0.748. The van der Waals surface area contributed by atoms with Crippen LogP contribution in [0.3, 0.4) is 0 Å². The number of hydrogen-bond donors (Lipinski definition) is 1. The van der Waals surface area contributed by atoms with Gasteiger partial charge in [-0.3, -0.25) is 4.98 Å². The lowest BCUT2D eigenvalue weighted by molar-refractivity contribution is 0.820. The van der Waals surface area contributed by atoms with Crippen LogP contribution in [0, 0.1) is 0 Å². The van der Waals surface area contributed by atoms with Gasteiger partial charge in [-0.05, 0) is 21.9 Å². The van der Waals surface area contributed by atoms with Crippen LogP contribution in [0.1, 0.15) is 4.88 Å². The molecule has 0 saturated carbocycles. The largest absolute Gasteiger partial charge is 0.364 e. The van der Waals surface area contributed by atoms with Crippen LogP contribution in [0.5, 0.6) is 0 Å². The molecule has 3 rings (SSSR count). The Labute approximate surface area is 94.9 Å². The van der Waals surface area contributed by atoms with E-state index in [9.17, 15) is 0 Å². The first-order valence-corrected chi connectivity index (χ1v) is 5.60. The normalized spacial score (nSPS) is 10.8. The average Bonchev–Trinajstić information content (AvgIpc) is 2.97. The molecule has 0 fully saturated rings. The van der Waals surface area contributed by atoms with Crippen molar-refractivity contribution in [2.24, 2.45) is 0 Å². The van der Waals surface area contributed by atoms with Crippen molar-refractivity contribution in [2.45, 2.75) is 6.54 Å². The van der Waals surface area contributed by atoms with E-state index in [0.717, 1.165) is 12.4 Å². The van der Waals surface area contributed by atoms with Crippen LogP contribution in [-0.2, 0) is 6.54 Å². The summed E-state index contributed by atoms with van der Waals surface area (Å²) in [5.41, 5.74) is 0.635. The average molecular weight is 232 g/mol. The lowest BCUT2D eigenvalue weighted by Gasteiger charge is -2.04. The number of nitrogens with zero attached hydrogens (tertiary/aromatic N) is 5. The predicted octanol–water partition coefficient (Wildman–Crippen LogP) is 1.19. The highest BCUT2D eigenvalue weighted by molar-refractivity contribution is 7.09. The van der Waals surface area contributed by atoms with Crippen LogP contribution in [0.2, 0.25) is 0 Å². The van der Waals surface area contributed by atoms with E-state index in [1.165, 1.54) is 4.88 Å². The number of fused-ring (bicyclic) bond motifs is 1. The highest BCUT2D eigenvalue weighted by Crippen LogP contribution is 2.12. The highest BCUT2D eigenvalue weighted by Gasteiger charge is 2.03. The fourth-order valence-electron chi connectivity index (χ4n) is 1.39. The van der Waals surface area contributed by atoms with E-state index >= 15 is 0 Å². The molecule has 7 heteroatoms. The van der Waals surface area contributed by atoms with Gasteiger partial charge in [0.2, 0.25) is 0 Å². The first-order chi connectivity index (χ1) is 7.93. The zero-order valence-corrected chi connectivity index (χ0v) is 9.05. The topological polar surface area (TPSA) is 68.0 Å². The Morgan fingerprint density at radius 2 is 2.38 bits per heavy atom. The number of aromatic nitrogens is 5. The smallest absolute Gasteiger partial charge is 0.199 e. The van der Waals surface area contributed by atoms with Gasteiger partial charge in [0.15, 0.2) is 11.5 Å². The molecule has 0 spiro atoms. The number of hydrogen-bond acceptors (Lipinski definition) is 6. The number of thiophene rings is 1. The number of nitrogens with one attached hydrogen (secondary N) is 1. The molecular weight excluding hydrogens is 224 g/mol. The molecule has 6 nitrogen and oxygen atoms in total. The summed E-state index contributed by atoms with van der Waals surface area (Å²) in [5, 5.41) is 16.6. The molecule has 0 aliphatic carbocycles. The van der Waals surface area contributed by atoms with E-state index in [1.54, 1.807) is 28.2 Å². The third-order valence-corrected chi connectivity index (χ3v) is 3.01. The summed E-state index contributed by atoms with van der Waals surface area (Å²) in [4.78, 5) is 5.32. The molecule has 3 aromatic heterocycles. The quantitative estimate of drug-likeness (QED) is 0.734. The first kappa shape index (κ1) is 9.22. The maximum absolute atomic E-state index is 4.06. The van der Waals surface area contributed by atoms with E-state index in [0.29, 0.717) is 5.65 Å². The molecule has 0 saturated heterocycles. The van der Waals surface area contributed by atoms with Crippen LogP contribution < -0.4 is 5.32 Å². The van der Waals surface area contributed by atoms with Gasteiger partial charge in [-0.25, -0.2) is 0 Å². The third-order valence-electron chi connectivity index (χ3n) is 2.13. The van der Waals surface area contributed by atoms with Crippen LogP contribution >= 0.6 is 11.3 Å². The SMILES string of the molecule is c1csc(CNc2cncc3nnnn23)c1. The van der Waals surface area contributed by atoms with Crippen molar-refractivity contribution in [1.82, 2.24) is 25.0 Å². The molecule has 3 heterocycles. The summed E-state index contributed by atoms with van der Waals surface area (Å²) >= 11 is 1.71. The van der Waals surface area contributed by atoms with E-state index in [2.05, 4.69) is 31.9 Å². The van der Waals surface area contributed by atoms with Gasteiger partial charge in [-0.1, -0.05) is 6.07 Å². The van der Waals surface area contributed by atoms with Gasteiger partial charge in [0, 0.05) is 4.88 Å². The highest BCUT2D eigenvalue weighted by atomic mass is 32.1. The number of anilines is 1. The monoisotopic (exact) mass is 232 g/mol. The molecule has 1 N–H and O–H groups in total. The van der Waals surface area contributed by atoms with Crippen LogP contribution in [0.25, 0.3) is 5.65 Å². The first-order valence-electron chi connectivity index (χ1n) is 4.72. The molecule has 0 radical (unpaired) electrons. The second kappa shape index (κ2) is 3.86. The summed E-state index contributed by atoms with van der Waals surface area (Å²) in [6, 6.07) is 4.10. The van der Waals surface area contributed by atoms with Crippen molar-refractivity contribution >= 4 is 22.8 Å². The molecule has 16 heavy (non-hydrogen) atoms. The van der Waals surface area contributed by atoms with Gasteiger partial charge in [0.25, 0.3) is 0 Å². The molecule has 0 aliphatic rings. The van der Waals surface area contributed by atoms with E-state index in [-0.39, 0.29) is 0 Å². The zero-order chi connectivity index (χ0) is 10.8. The van der Waals surface area contributed by atoms with Crippen LogP contribution in [0.15, 0.2) is 29.9 Å². The van der Waals surface area contributed by atoms with Gasteiger partial charge in [-0.2, -0.15) is 4.52 Å². The van der Waals surface area contributed by atoms with Crippen molar-refractivity contribution in [2.75, 3.05) is 5.32 Å². The molecule has 0 amide bonds. The van der Waals surface area contributed by atoms with Crippen molar-refractivity contribution < 1.29 is 0 Å². The second-order valence-electron chi connectivity index (χ2n) is 3.17. The van der Waals surface area contributed by atoms with Gasteiger partial charge >= 0.3 is 0 Å². The summed E-state index contributed by atoms with van der Waals surface area (Å²) in [7, 11) is 0. The molecular formula is C9H8N6S. The van der Waals surface area contributed by atoms with E-state index in [4.69, 9.17) is 0 Å². The lowest BCUT2D eigenvalue weighted by Crippen LogP contribution is -2.04. The third kappa shape index (κ3) is 1.61. The Morgan fingerprint density at radius 1 is 1.38 bits per heavy atom. The second-order valence-corrected chi connectivity index (χ2v) is 4.21. The van der Waals surface area contributed by atoms with Gasteiger partial charge in [0.05, 0.1) is 18.9 Å². The van der Waals surface area contributed by atoms with Crippen LogP contribution in [-0.4, -0.2) is 25.0 Å². The predicted molar refractivity (Wildman–Crippen MR) is 60.2 cm³/mol. The van der Waals surface area contributed by atoms with Crippen LogP contribution in [0.4, 0.5) is 5.82 Å². The molecule has 0 aromatic carbocycles. The fourth-order valence-corrected chi connectivity index (χ4v) is 2.03. The maximum Gasteiger partial charge on any atom is 0.199 e. The number of tetrazole rings is 1. The fraction of sp³-hybridized carbons (Fsp3) is 0.111. The van der Waals surface area contributed by atoms with Gasteiger partial charge in [0.1, 0.15) is 0 Å². The summed E-state index contributed by atoms with van der Waals surface area (Å²) in [6.07, 6.45) is 3.33. The summed E-state index contributed by atoms with van der Waals surface area (Å²) < 4.78 is 1.63. The Balaban J connectivity index is 1.86. The number of rotatable bonds is 3. The van der Waals surface area contributed by atoms with Crippen molar-refractivity contribution in [3.05, 3.63) is 34.8 Å². The van der Waals surface area contributed by atoms with Crippen molar-refractivity contribution in [3.63, 3.8) is 0 Å². The summed E-state index contributed by atoms with van der Waals surface area (Å²) in [5.74, 6) is 0.788. The Kier molecular flexibility index (Phi) is 2.22. The molecule has 0 unspecified atom stereocenters. The van der Waals surface area contributed by atoms with E-state index < -0.39 is 0 Å². The van der Waals surface area contributed by atoms with Gasteiger partial charge < -0.3 is 5.32 Å². The zero-order valence-electron chi connectivity index (χ0n) is 8.24. The molecule has 0 atom stereocenters. The van der Waals surface area contributed by atoms with E-state index in [1.807, 2.05) is 11.4 Å². The molecule has 3 aromatic rings. The maximum atomic E-state index is 4.06. The van der Waals surface area contributed by atoms with Crippen molar-refractivity contribution in [1.29, 1.82) is 0 Å². The minimum atomic E-state index is 0.635. The minimum absolute atomic E-state index is 0.635. The molecule has 0 bridgehead atoms. The molecule has 80 valence electrons. The Morgan fingerprint density at radius 3 is 3.25 bits per heavy atom. The lowest BCUT2D eigenvalue weighted by atomic mass is 10.4.